The fourth-order valence-corrected chi connectivity index (χ4v) is 2.61. The molecule has 1 aliphatic rings. The Labute approximate surface area is 120 Å². The standard InChI is InChI=1S/C16H23FN2O/c1-11(10-18-2)16(20)19-15(12-4-3-5-12)13-6-8-14(17)9-7-13/h6-9,11-12,15,18H,3-5,10H2,1-2H3,(H,19,20). The number of hydrogen-bond acceptors (Lipinski definition) is 2. The van der Waals surface area contributed by atoms with Crippen LogP contribution in [0.4, 0.5) is 4.39 Å². The van der Waals surface area contributed by atoms with Crippen molar-refractivity contribution in [3.63, 3.8) is 0 Å². The molecule has 20 heavy (non-hydrogen) atoms. The number of amides is 1. The van der Waals surface area contributed by atoms with Crippen molar-refractivity contribution < 1.29 is 9.18 Å². The minimum absolute atomic E-state index is 0.0103. The quantitative estimate of drug-likeness (QED) is 0.840. The monoisotopic (exact) mass is 278 g/mol. The van der Waals surface area contributed by atoms with Crippen molar-refractivity contribution in [1.29, 1.82) is 0 Å². The molecule has 0 heterocycles. The molecule has 2 unspecified atom stereocenters. The van der Waals surface area contributed by atoms with Crippen LogP contribution in [0.5, 0.6) is 0 Å². The van der Waals surface area contributed by atoms with E-state index in [-0.39, 0.29) is 23.7 Å². The van der Waals surface area contributed by atoms with E-state index in [2.05, 4.69) is 10.6 Å². The van der Waals surface area contributed by atoms with Gasteiger partial charge >= 0.3 is 0 Å². The van der Waals surface area contributed by atoms with Crippen LogP contribution in [-0.4, -0.2) is 19.5 Å². The molecule has 0 bridgehead atoms. The van der Waals surface area contributed by atoms with Crippen LogP contribution >= 0.6 is 0 Å². The minimum Gasteiger partial charge on any atom is -0.349 e. The van der Waals surface area contributed by atoms with E-state index in [4.69, 9.17) is 0 Å². The fourth-order valence-electron chi connectivity index (χ4n) is 2.61. The number of hydrogen-bond donors (Lipinski definition) is 2. The second-order valence-corrected chi connectivity index (χ2v) is 5.69. The maximum atomic E-state index is 13.0. The van der Waals surface area contributed by atoms with E-state index in [0.29, 0.717) is 12.5 Å². The summed E-state index contributed by atoms with van der Waals surface area (Å²) >= 11 is 0. The van der Waals surface area contributed by atoms with Crippen LogP contribution in [0.1, 0.15) is 37.8 Å². The van der Waals surface area contributed by atoms with Gasteiger partial charge in [-0.05, 0) is 43.5 Å². The van der Waals surface area contributed by atoms with Crippen LogP contribution < -0.4 is 10.6 Å². The van der Waals surface area contributed by atoms with Crippen LogP contribution in [0.3, 0.4) is 0 Å². The third-order valence-corrected chi connectivity index (χ3v) is 4.11. The highest BCUT2D eigenvalue weighted by Crippen LogP contribution is 2.37. The van der Waals surface area contributed by atoms with Crippen molar-refractivity contribution in [3.8, 4) is 0 Å². The normalized spacial score (nSPS) is 18.1. The van der Waals surface area contributed by atoms with Gasteiger partial charge in [0.1, 0.15) is 5.82 Å². The molecular weight excluding hydrogens is 255 g/mol. The van der Waals surface area contributed by atoms with Crippen molar-refractivity contribution in [2.75, 3.05) is 13.6 Å². The SMILES string of the molecule is CNCC(C)C(=O)NC(c1ccc(F)cc1)C1CCC1. The van der Waals surface area contributed by atoms with E-state index >= 15 is 0 Å². The molecule has 1 saturated carbocycles. The summed E-state index contributed by atoms with van der Waals surface area (Å²) in [6.07, 6.45) is 3.47. The van der Waals surface area contributed by atoms with E-state index in [9.17, 15) is 9.18 Å². The first-order chi connectivity index (χ1) is 9.61. The molecule has 4 heteroatoms. The number of halogens is 1. The van der Waals surface area contributed by atoms with Gasteiger partial charge in [0.2, 0.25) is 5.91 Å². The third kappa shape index (κ3) is 3.57. The molecular formula is C16H23FN2O. The molecule has 0 aliphatic heterocycles. The van der Waals surface area contributed by atoms with Crippen LogP contribution in [0, 0.1) is 17.7 Å². The fraction of sp³-hybridized carbons (Fsp3) is 0.562. The first kappa shape index (κ1) is 15.0. The molecule has 1 amide bonds. The summed E-state index contributed by atoms with van der Waals surface area (Å²) in [6, 6.07) is 6.49. The maximum Gasteiger partial charge on any atom is 0.224 e. The number of benzene rings is 1. The third-order valence-electron chi connectivity index (χ3n) is 4.11. The van der Waals surface area contributed by atoms with Gasteiger partial charge in [0.25, 0.3) is 0 Å². The second kappa shape index (κ2) is 6.84. The molecule has 0 spiro atoms. The average molecular weight is 278 g/mol. The van der Waals surface area contributed by atoms with Gasteiger partial charge in [-0.3, -0.25) is 4.79 Å². The summed E-state index contributed by atoms with van der Waals surface area (Å²) < 4.78 is 13.0. The number of carbonyl (C=O) groups excluding carboxylic acids is 1. The summed E-state index contributed by atoms with van der Waals surface area (Å²) in [4.78, 5) is 12.2. The van der Waals surface area contributed by atoms with Crippen LogP contribution in [0.2, 0.25) is 0 Å². The van der Waals surface area contributed by atoms with E-state index in [0.717, 1.165) is 18.4 Å². The Balaban J connectivity index is 2.08. The predicted molar refractivity (Wildman–Crippen MR) is 77.7 cm³/mol. The Bertz CT molecular complexity index is 442. The van der Waals surface area contributed by atoms with Crippen LogP contribution in [0.15, 0.2) is 24.3 Å². The number of carbonyl (C=O) groups is 1. The van der Waals surface area contributed by atoms with Gasteiger partial charge in [-0.25, -0.2) is 4.39 Å². The first-order valence-corrected chi connectivity index (χ1v) is 7.32. The molecule has 2 rings (SSSR count). The summed E-state index contributed by atoms with van der Waals surface area (Å²) in [5.41, 5.74) is 1.00. The zero-order valence-electron chi connectivity index (χ0n) is 12.2. The molecule has 110 valence electrons. The lowest BCUT2D eigenvalue weighted by atomic mass is 9.77. The van der Waals surface area contributed by atoms with Crippen molar-refractivity contribution >= 4 is 5.91 Å². The van der Waals surface area contributed by atoms with E-state index in [1.54, 1.807) is 12.1 Å². The van der Waals surface area contributed by atoms with Crippen molar-refractivity contribution in [2.45, 2.75) is 32.2 Å². The largest absolute Gasteiger partial charge is 0.349 e. The lowest BCUT2D eigenvalue weighted by molar-refractivity contribution is -0.125. The van der Waals surface area contributed by atoms with Crippen molar-refractivity contribution in [3.05, 3.63) is 35.6 Å². The summed E-state index contributed by atoms with van der Waals surface area (Å²) in [5.74, 6) is 0.228. The number of nitrogens with one attached hydrogen (secondary N) is 2. The Morgan fingerprint density at radius 3 is 2.50 bits per heavy atom. The Morgan fingerprint density at radius 1 is 1.35 bits per heavy atom. The Hall–Kier alpha value is -1.42. The summed E-state index contributed by atoms with van der Waals surface area (Å²) in [7, 11) is 1.84. The smallest absolute Gasteiger partial charge is 0.224 e. The maximum absolute atomic E-state index is 13.0. The second-order valence-electron chi connectivity index (χ2n) is 5.69. The highest BCUT2D eigenvalue weighted by Gasteiger charge is 2.30. The van der Waals surface area contributed by atoms with Crippen LogP contribution in [0.25, 0.3) is 0 Å². The van der Waals surface area contributed by atoms with Gasteiger partial charge in [0, 0.05) is 12.5 Å². The zero-order chi connectivity index (χ0) is 14.5. The lowest BCUT2D eigenvalue weighted by Crippen LogP contribution is -2.40. The van der Waals surface area contributed by atoms with Gasteiger partial charge < -0.3 is 10.6 Å². The molecule has 3 nitrogen and oxygen atoms in total. The summed E-state index contributed by atoms with van der Waals surface area (Å²) in [6.45, 7) is 2.57. The van der Waals surface area contributed by atoms with Crippen molar-refractivity contribution in [1.82, 2.24) is 10.6 Å². The van der Waals surface area contributed by atoms with Gasteiger partial charge in [0.15, 0.2) is 0 Å². The Morgan fingerprint density at radius 2 is 2.00 bits per heavy atom. The Kier molecular flexibility index (Phi) is 5.12. The van der Waals surface area contributed by atoms with Gasteiger partial charge in [-0.15, -0.1) is 0 Å². The molecule has 1 fully saturated rings. The molecule has 0 aromatic heterocycles. The van der Waals surface area contributed by atoms with Gasteiger partial charge in [-0.2, -0.15) is 0 Å². The molecule has 1 aromatic rings. The highest BCUT2D eigenvalue weighted by molar-refractivity contribution is 5.79. The van der Waals surface area contributed by atoms with E-state index in [1.807, 2.05) is 14.0 Å². The summed E-state index contributed by atoms with van der Waals surface area (Å²) in [5, 5.41) is 6.15. The van der Waals surface area contributed by atoms with Crippen molar-refractivity contribution in [2.24, 2.45) is 11.8 Å². The lowest BCUT2D eigenvalue weighted by Gasteiger charge is -2.35. The molecule has 2 N–H and O–H groups in total. The van der Waals surface area contributed by atoms with E-state index < -0.39 is 0 Å². The highest BCUT2D eigenvalue weighted by atomic mass is 19.1. The predicted octanol–water partition coefficient (Wildman–Crippen LogP) is 2.64. The van der Waals surface area contributed by atoms with Gasteiger partial charge in [0.05, 0.1) is 6.04 Å². The average Bonchev–Trinajstić information content (AvgIpc) is 2.37. The molecule has 0 radical (unpaired) electrons. The molecule has 2 atom stereocenters. The minimum atomic E-state index is -0.240. The van der Waals surface area contributed by atoms with Crippen LogP contribution in [-0.2, 0) is 4.79 Å². The zero-order valence-corrected chi connectivity index (χ0v) is 12.2. The molecule has 0 saturated heterocycles. The topological polar surface area (TPSA) is 41.1 Å². The van der Waals surface area contributed by atoms with E-state index in [1.165, 1.54) is 18.6 Å². The number of rotatable bonds is 6. The van der Waals surface area contributed by atoms with Gasteiger partial charge in [-0.1, -0.05) is 25.5 Å². The molecule has 1 aromatic carbocycles. The molecule has 1 aliphatic carbocycles. The first-order valence-electron chi connectivity index (χ1n) is 7.32.